The van der Waals surface area contributed by atoms with Crippen molar-refractivity contribution in [3.8, 4) is 0 Å². The van der Waals surface area contributed by atoms with Crippen LogP contribution in [-0.2, 0) is 4.74 Å². The van der Waals surface area contributed by atoms with Crippen molar-refractivity contribution >= 4 is 5.97 Å². The molecule has 0 radical (unpaired) electrons. The lowest BCUT2D eigenvalue weighted by Crippen LogP contribution is -2.56. The summed E-state index contributed by atoms with van der Waals surface area (Å²) in [6.07, 6.45) is 2.58. The molecule has 110 valence electrons. The highest BCUT2D eigenvalue weighted by atomic mass is 16.5. The first-order chi connectivity index (χ1) is 9.67. The van der Waals surface area contributed by atoms with Gasteiger partial charge in [0, 0.05) is 12.6 Å². The van der Waals surface area contributed by atoms with Gasteiger partial charge in [0.25, 0.3) is 0 Å². The van der Waals surface area contributed by atoms with Crippen molar-refractivity contribution in [2.75, 3.05) is 26.7 Å². The minimum atomic E-state index is -0.425. The Morgan fingerprint density at radius 3 is 2.80 bits per heavy atom. The molecule has 1 N–H and O–H groups in total. The van der Waals surface area contributed by atoms with Crippen LogP contribution in [0.3, 0.4) is 0 Å². The Balaban J connectivity index is 1.63. The summed E-state index contributed by atoms with van der Waals surface area (Å²) in [5, 5.41) is 3.65. The zero-order chi connectivity index (χ0) is 14.1. The van der Waals surface area contributed by atoms with Gasteiger partial charge in [-0.05, 0) is 50.9 Å². The second kappa shape index (κ2) is 5.58. The molecule has 5 nitrogen and oxygen atoms in total. The average molecular weight is 278 g/mol. The minimum Gasteiger partial charge on any atom is -0.463 e. The first-order valence-corrected chi connectivity index (χ1v) is 7.34. The Morgan fingerprint density at radius 2 is 2.20 bits per heavy atom. The summed E-state index contributed by atoms with van der Waals surface area (Å²) in [6, 6.07) is 4.17. The van der Waals surface area contributed by atoms with Crippen LogP contribution in [0.5, 0.6) is 0 Å². The van der Waals surface area contributed by atoms with Crippen molar-refractivity contribution < 1.29 is 13.9 Å². The second-order valence-corrected chi connectivity index (χ2v) is 5.83. The average Bonchev–Trinajstić information content (AvgIpc) is 2.97. The van der Waals surface area contributed by atoms with Crippen LogP contribution in [-0.4, -0.2) is 43.7 Å². The first-order valence-electron chi connectivity index (χ1n) is 7.34. The van der Waals surface area contributed by atoms with E-state index >= 15 is 0 Å². The number of esters is 1. The third kappa shape index (κ3) is 2.60. The minimum absolute atomic E-state index is 0.110. The molecule has 0 amide bonds. The molecule has 0 aromatic carbocycles. The number of hydrogen-bond acceptors (Lipinski definition) is 5. The predicted octanol–water partition coefficient (Wildman–Crippen LogP) is 1.81. The van der Waals surface area contributed by atoms with Crippen molar-refractivity contribution in [3.05, 3.63) is 23.7 Å². The molecule has 2 unspecified atom stereocenters. The fourth-order valence-corrected chi connectivity index (χ4v) is 3.35. The maximum absolute atomic E-state index is 11.4. The molecule has 4 rings (SSSR count). The number of hydrogen-bond donors (Lipinski definition) is 1. The van der Waals surface area contributed by atoms with Gasteiger partial charge < -0.3 is 19.4 Å². The molecule has 0 spiro atoms. The molecule has 1 aromatic heterocycles. The van der Waals surface area contributed by atoms with Gasteiger partial charge in [-0.2, -0.15) is 0 Å². The standard InChI is InChI=1S/C15H22N2O3/c1-10(13-3-4-14(20-13)15(18)19-2)16-12-9-17-7-5-11(12)6-8-17/h3-4,10-12,16H,5-9H2,1-2H3. The fourth-order valence-electron chi connectivity index (χ4n) is 3.35. The third-order valence-corrected chi connectivity index (χ3v) is 4.56. The lowest BCUT2D eigenvalue weighted by Gasteiger charge is -2.45. The Hall–Kier alpha value is -1.33. The first kappa shape index (κ1) is 13.6. The van der Waals surface area contributed by atoms with E-state index in [1.165, 1.54) is 33.0 Å². The van der Waals surface area contributed by atoms with E-state index in [4.69, 9.17) is 4.42 Å². The normalized spacial score (nSPS) is 30.2. The van der Waals surface area contributed by atoms with Crippen molar-refractivity contribution in [3.63, 3.8) is 0 Å². The van der Waals surface area contributed by atoms with E-state index < -0.39 is 5.97 Å². The van der Waals surface area contributed by atoms with E-state index in [1.807, 2.05) is 6.07 Å². The number of piperidine rings is 3. The summed E-state index contributed by atoms with van der Waals surface area (Å²) in [6.45, 7) is 5.69. The number of carbonyl (C=O) groups is 1. The van der Waals surface area contributed by atoms with Gasteiger partial charge in [0.2, 0.25) is 5.76 Å². The number of ether oxygens (including phenoxy) is 1. The van der Waals surface area contributed by atoms with E-state index in [-0.39, 0.29) is 11.8 Å². The molecule has 3 aliphatic rings. The van der Waals surface area contributed by atoms with Gasteiger partial charge in [0.1, 0.15) is 5.76 Å². The molecule has 20 heavy (non-hydrogen) atoms. The number of carbonyl (C=O) groups excluding carboxylic acids is 1. The quantitative estimate of drug-likeness (QED) is 0.851. The SMILES string of the molecule is COC(=O)c1ccc(C(C)NC2CN3CCC2CC3)o1. The van der Waals surface area contributed by atoms with Crippen LogP contribution in [0.25, 0.3) is 0 Å². The Morgan fingerprint density at radius 1 is 1.45 bits per heavy atom. The molecule has 3 saturated heterocycles. The van der Waals surface area contributed by atoms with Crippen molar-refractivity contribution in [1.29, 1.82) is 0 Å². The van der Waals surface area contributed by atoms with Crippen LogP contribution in [0.2, 0.25) is 0 Å². The van der Waals surface area contributed by atoms with Crippen molar-refractivity contribution in [1.82, 2.24) is 10.2 Å². The fraction of sp³-hybridized carbons (Fsp3) is 0.667. The smallest absolute Gasteiger partial charge is 0.373 e. The van der Waals surface area contributed by atoms with E-state index in [0.29, 0.717) is 6.04 Å². The lowest BCUT2D eigenvalue weighted by molar-refractivity contribution is 0.0556. The van der Waals surface area contributed by atoms with Gasteiger partial charge in [0.05, 0.1) is 13.2 Å². The zero-order valence-corrected chi connectivity index (χ0v) is 12.1. The molecule has 4 heterocycles. The van der Waals surface area contributed by atoms with E-state index in [0.717, 1.165) is 18.2 Å². The zero-order valence-electron chi connectivity index (χ0n) is 12.1. The topological polar surface area (TPSA) is 54.7 Å². The number of furan rings is 1. The van der Waals surface area contributed by atoms with Gasteiger partial charge in [-0.1, -0.05) is 0 Å². The molecule has 3 aliphatic heterocycles. The largest absolute Gasteiger partial charge is 0.463 e. The van der Waals surface area contributed by atoms with E-state index in [9.17, 15) is 4.79 Å². The molecular weight excluding hydrogens is 256 g/mol. The Labute approximate surface area is 119 Å². The molecule has 2 bridgehead atoms. The predicted molar refractivity (Wildman–Crippen MR) is 74.6 cm³/mol. The summed E-state index contributed by atoms with van der Waals surface area (Å²) in [5.41, 5.74) is 0. The second-order valence-electron chi connectivity index (χ2n) is 5.83. The Bertz CT molecular complexity index is 477. The number of methoxy groups -OCH3 is 1. The van der Waals surface area contributed by atoms with Crippen molar-refractivity contribution in [2.45, 2.75) is 31.8 Å². The number of rotatable bonds is 4. The van der Waals surface area contributed by atoms with Gasteiger partial charge in [-0.3, -0.25) is 0 Å². The summed E-state index contributed by atoms with van der Waals surface area (Å²) in [4.78, 5) is 13.9. The molecular formula is C15H22N2O3. The molecule has 2 atom stereocenters. The molecule has 1 aromatic rings. The van der Waals surface area contributed by atoms with Crippen LogP contribution in [0.1, 0.15) is 42.1 Å². The Kier molecular flexibility index (Phi) is 3.81. The van der Waals surface area contributed by atoms with Gasteiger partial charge in [0.15, 0.2) is 0 Å². The highest BCUT2D eigenvalue weighted by Crippen LogP contribution is 2.29. The molecule has 0 aliphatic carbocycles. The monoisotopic (exact) mass is 278 g/mol. The number of nitrogens with one attached hydrogen (secondary N) is 1. The lowest BCUT2D eigenvalue weighted by atomic mass is 9.83. The van der Waals surface area contributed by atoms with E-state index in [1.54, 1.807) is 6.07 Å². The van der Waals surface area contributed by atoms with Crippen LogP contribution >= 0.6 is 0 Å². The van der Waals surface area contributed by atoms with Crippen LogP contribution < -0.4 is 5.32 Å². The molecule has 0 saturated carbocycles. The van der Waals surface area contributed by atoms with Crippen LogP contribution in [0.15, 0.2) is 16.5 Å². The summed E-state index contributed by atoms with van der Waals surface area (Å²) in [7, 11) is 1.36. The maximum atomic E-state index is 11.4. The van der Waals surface area contributed by atoms with Crippen LogP contribution in [0.4, 0.5) is 0 Å². The molecule has 3 fully saturated rings. The van der Waals surface area contributed by atoms with Gasteiger partial charge in [-0.25, -0.2) is 4.79 Å². The van der Waals surface area contributed by atoms with Crippen LogP contribution in [0, 0.1) is 5.92 Å². The third-order valence-electron chi connectivity index (χ3n) is 4.56. The summed E-state index contributed by atoms with van der Waals surface area (Å²) in [5.74, 6) is 1.41. The van der Waals surface area contributed by atoms with Crippen molar-refractivity contribution in [2.24, 2.45) is 5.92 Å². The number of nitrogens with zero attached hydrogens (tertiary/aromatic N) is 1. The summed E-state index contributed by atoms with van der Waals surface area (Å²) >= 11 is 0. The molecule has 5 heteroatoms. The van der Waals surface area contributed by atoms with Gasteiger partial charge in [-0.15, -0.1) is 0 Å². The highest BCUT2D eigenvalue weighted by Gasteiger charge is 2.34. The maximum Gasteiger partial charge on any atom is 0.373 e. The number of fused-ring (bicyclic) bond motifs is 3. The van der Waals surface area contributed by atoms with Gasteiger partial charge >= 0.3 is 5.97 Å². The van der Waals surface area contributed by atoms with E-state index in [2.05, 4.69) is 21.9 Å². The highest BCUT2D eigenvalue weighted by molar-refractivity contribution is 5.86. The summed E-state index contributed by atoms with van der Waals surface area (Å²) < 4.78 is 10.2.